The number of amides is 1. The molecule has 0 fully saturated rings. The second-order valence-electron chi connectivity index (χ2n) is 7.40. The quantitative estimate of drug-likeness (QED) is 0.575. The molecular weight excluding hydrogens is 446 g/mol. The number of hydrogen-bond acceptors (Lipinski definition) is 3. The fraction of sp³-hybridized carbons (Fsp3) is 0.350. The van der Waals surface area contributed by atoms with Gasteiger partial charge >= 0.3 is 24.4 Å². The van der Waals surface area contributed by atoms with Gasteiger partial charge in [-0.1, -0.05) is 18.2 Å². The summed E-state index contributed by atoms with van der Waals surface area (Å²) in [5.74, 6) is -2.76. The highest BCUT2D eigenvalue weighted by Gasteiger charge is 2.38. The van der Waals surface area contributed by atoms with Crippen LogP contribution >= 0.6 is 0 Å². The summed E-state index contributed by atoms with van der Waals surface area (Å²) in [6.07, 6.45) is -9.19. The maximum atomic E-state index is 12.8. The first-order valence-electron chi connectivity index (χ1n) is 8.86. The number of rotatable bonds is 3. The van der Waals surface area contributed by atoms with Gasteiger partial charge < -0.3 is 10.2 Å². The lowest BCUT2D eigenvalue weighted by Gasteiger charge is -2.39. The van der Waals surface area contributed by atoms with E-state index in [0.29, 0.717) is 11.3 Å². The lowest BCUT2D eigenvalue weighted by atomic mass is 9.95. The zero-order valence-electron chi connectivity index (χ0n) is 17.1. The van der Waals surface area contributed by atoms with Crippen LogP contribution in [0.1, 0.15) is 43.6 Å². The van der Waals surface area contributed by atoms with Crippen LogP contribution in [0.5, 0.6) is 0 Å². The van der Waals surface area contributed by atoms with Crippen molar-refractivity contribution in [2.75, 3.05) is 0 Å². The van der Waals surface area contributed by atoms with Gasteiger partial charge in [0.1, 0.15) is 6.04 Å². The number of aliphatic carboxylic acids is 1. The first-order valence-corrected chi connectivity index (χ1v) is 8.86. The molecule has 0 aliphatic heterocycles. The number of carboxylic acids is 1. The third-order valence-corrected chi connectivity index (χ3v) is 3.95. The predicted octanol–water partition coefficient (Wildman–Crippen LogP) is 5.60. The van der Waals surface area contributed by atoms with E-state index in [9.17, 15) is 36.2 Å². The molecular formula is C20H20F6N2O4. The smallest absolute Gasteiger partial charge is 0.475 e. The van der Waals surface area contributed by atoms with Crippen molar-refractivity contribution in [3.8, 4) is 0 Å². The molecule has 0 aliphatic rings. The number of nitrogens with zero attached hydrogens (tertiary/aromatic N) is 2. The molecule has 12 heteroatoms. The van der Waals surface area contributed by atoms with E-state index in [-0.39, 0.29) is 0 Å². The van der Waals surface area contributed by atoms with Crippen molar-refractivity contribution in [1.82, 2.24) is 9.88 Å². The topological polar surface area (TPSA) is 90.7 Å². The average Bonchev–Trinajstić information content (AvgIpc) is 2.64. The Morgan fingerprint density at radius 3 is 1.72 bits per heavy atom. The molecule has 0 saturated heterocycles. The summed E-state index contributed by atoms with van der Waals surface area (Å²) in [4.78, 5) is 26.2. The lowest BCUT2D eigenvalue weighted by Crippen LogP contribution is -2.47. The Labute approximate surface area is 179 Å². The summed E-state index contributed by atoms with van der Waals surface area (Å²) < 4.78 is 70.1. The fourth-order valence-electron chi connectivity index (χ4n) is 2.63. The molecule has 1 unspecified atom stereocenters. The van der Waals surface area contributed by atoms with Gasteiger partial charge in [-0.25, -0.2) is 9.59 Å². The molecule has 1 heterocycles. The molecule has 0 saturated carbocycles. The molecule has 2 rings (SSSR count). The molecule has 6 nitrogen and oxygen atoms in total. The Morgan fingerprint density at radius 2 is 1.41 bits per heavy atom. The third kappa shape index (κ3) is 7.43. The largest absolute Gasteiger partial charge is 0.490 e. The van der Waals surface area contributed by atoms with Gasteiger partial charge in [0.2, 0.25) is 0 Å². The van der Waals surface area contributed by atoms with Crippen LogP contribution in [0.3, 0.4) is 0 Å². The minimum Gasteiger partial charge on any atom is -0.475 e. The molecule has 2 N–H and O–H groups in total. The Hall–Kier alpha value is -3.31. The normalized spacial score (nSPS) is 12.9. The first kappa shape index (κ1) is 26.7. The zero-order valence-corrected chi connectivity index (χ0v) is 17.1. The molecule has 1 aromatic carbocycles. The van der Waals surface area contributed by atoms with E-state index in [0.717, 1.165) is 12.1 Å². The highest BCUT2D eigenvalue weighted by atomic mass is 19.4. The Balaban J connectivity index is 0.000000633. The second kappa shape index (κ2) is 9.88. The summed E-state index contributed by atoms with van der Waals surface area (Å²) >= 11 is 0. The summed E-state index contributed by atoms with van der Waals surface area (Å²) in [5, 5.41) is 16.8. The number of hydrogen-bond donors (Lipinski definition) is 2. The van der Waals surface area contributed by atoms with Gasteiger partial charge in [0, 0.05) is 11.7 Å². The number of benzene rings is 1. The van der Waals surface area contributed by atoms with Crippen LogP contribution in [0, 0.1) is 0 Å². The Kier molecular flexibility index (Phi) is 8.25. The molecule has 1 amide bonds. The van der Waals surface area contributed by atoms with Crippen molar-refractivity contribution in [3.63, 3.8) is 0 Å². The predicted molar refractivity (Wildman–Crippen MR) is 101 cm³/mol. The number of pyridine rings is 1. The van der Waals surface area contributed by atoms with E-state index < -0.39 is 41.6 Å². The zero-order chi connectivity index (χ0) is 24.9. The number of carbonyl (C=O) groups is 2. The summed E-state index contributed by atoms with van der Waals surface area (Å²) in [6, 6.07) is 8.73. The van der Waals surface area contributed by atoms with E-state index in [2.05, 4.69) is 4.98 Å². The van der Waals surface area contributed by atoms with Gasteiger partial charge in [-0.3, -0.25) is 9.88 Å². The molecule has 1 aromatic heterocycles. The minimum atomic E-state index is -5.08. The summed E-state index contributed by atoms with van der Waals surface area (Å²) in [5.41, 5.74) is -0.700. The molecule has 0 bridgehead atoms. The van der Waals surface area contributed by atoms with Gasteiger partial charge in [-0.2, -0.15) is 26.3 Å². The van der Waals surface area contributed by atoms with Crippen LogP contribution < -0.4 is 0 Å². The van der Waals surface area contributed by atoms with E-state index in [1.807, 2.05) is 0 Å². The SMILES string of the molecule is CC(C)(C)N(C(=O)O)C(c1ccc(C(F)(F)F)cc1)c1ccccn1.O=C(O)C(F)(F)F. The number of aromatic nitrogens is 1. The van der Waals surface area contributed by atoms with Crippen LogP contribution in [-0.4, -0.2) is 43.9 Å². The molecule has 2 aromatic rings. The lowest BCUT2D eigenvalue weighted by molar-refractivity contribution is -0.192. The van der Waals surface area contributed by atoms with Crippen molar-refractivity contribution >= 4 is 12.1 Å². The molecule has 0 radical (unpaired) electrons. The molecule has 32 heavy (non-hydrogen) atoms. The van der Waals surface area contributed by atoms with Crippen LogP contribution in [0.15, 0.2) is 48.7 Å². The highest BCUT2D eigenvalue weighted by molar-refractivity contribution is 5.73. The van der Waals surface area contributed by atoms with Crippen molar-refractivity contribution in [3.05, 3.63) is 65.5 Å². The standard InChI is InChI=1S/C18H19F3N2O2.C2HF3O2/c1-17(2,3)23(16(24)25)15(14-6-4-5-11-22-14)12-7-9-13(10-8-12)18(19,20)21;3-2(4,5)1(6)7/h4-11,15H,1-3H3,(H,24,25);(H,6,7). The van der Waals surface area contributed by atoms with Crippen molar-refractivity contribution in [1.29, 1.82) is 0 Å². The van der Waals surface area contributed by atoms with Gasteiger partial charge in [-0.15, -0.1) is 0 Å². The average molecular weight is 466 g/mol. The van der Waals surface area contributed by atoms with E-state index in [4.69, 9.17) is 9.90 Å². The molecule has 176 valence electrons. The van der Waals surface area contributed by atoms with Crippen LogP contribution in [0.25, 0.3) is 0 Å². The van der Waals surface area contributed by atoms with Gasteiger partial charge in [-0.05, 0) is 50.6 Å². The maximum absolute atomic E-state index is 12.8. The second-order valence-corrected chi connectivity index (χ2v) is 7.40. The van der Waals surface area contributed by atoms with Crippen molar-refractivity contribution in [2.24, 2.45) is 0 Å². The third-order valence-electron chi connectivity index (χ3n) is 3.95. The van der Waals surface area contributed by atoms with E-state index in [1.165, 1.54) is 23.2 Å². The van der Waals surface area contributed by atoms with Crippen LogP contribution in [0.4, 0.5) is 31.1 Å². The monoisotopic (exact) mass is 466 g/mol. The first-order chi connectivity index (χ1) is 14.5. The van der Waals surface area contributed by atoms with Gasteiger partial charge in [0.05, 0.1) is 11.3 Å². The number of carboxylic acid groups (broad SMARTS) is 2. The van der Waals surface area contributed by atoms with Crippen LogP contribution in [-0.2, 0) is 11.0 Å². The van der Waals surface area contributed by atoms with E-state index in [1.54, 1.807) is 39.0 Å². The number of halogens is 6. The van der Waals surface area contributed by atoms with Crippen LogP contribution in [0.2, 0.25) is 0 Å². The molecule has 0 aliphatic carbocycles. The Morgan fingerprint density at radius 1 is 0.906 bits per heavy atom. The highest BCUT2D eigenvalue weighted by Crippen LogP contribution is 2.35. The van der Waals surface area contributed by atoms with Gasteiger partial charge in [0.25, 0.3) is 0 Å². The number of alkyl halides is 6. The van der Waals surface area contributed by atoms with Gasteiger partial charge in [0.15, 0.2) is 0 Å². The van der Waals surface area contributed by atoms with Crippen molar-refractivity contribution < 1.29 is 46.1 Å². The Bertz CT molecular complexity index is 907. The summed E-state index contributed by atoms with van der Waals surface area (Å²) in [6.45, 7) is 5.17. The molecule has 0 spiro atoms. The summed E-state index contributed by atoms with van der Waals surface area (Å²) in [7, 11) is 0. The fourth-order valence-corrected chi connectivity index (χ4v) is 2.63. The molecule has 1 atom stereocenters. The maximum Gasteiger partial charge on any atom is 0.490 e. The minimum absolute atomic E-state index is 0.420. The van der Waals surface area contributed by atoms with Crippen molar-refractivity contribution in [2.45, 2.75) is 44.7 Å². The van der Waals surface area contributed by atoms with E-state index >= 15 is 0 Å².